The van der Waals surface area contributed by atoms with Gasteiger partial charge in [0.1, 0.15) is 18.2 Å². The van der Waals surface area contributed by atoms with E-state index in [9.17, 15) is 30.7 Å². The number of alkyl halides is 3. The van der Waals surface area contributed by atoms with Crippen LogP contribution in [0, 0.1) is 23.3 Å². The summed E-state index contributed by atoms with van der Waals surface area (Å²) in [5, 5.41) is 0. The molecule has 0 fully saturated rings. The molecule has 0 amide bonds. The highest BCUT2D eigenvalue weighted by atomic mass is 19.3. The fraction of sp³-hybridized carbons (Fsp3) is 0.250. The molecule has 170 valence electrons. The summed E-state index contributed by atoms with van der Waals surface area (Å²) < 4.78 is 98.4. The second-order valence-corrected chi connectivity index (χ2v) is 7.13. The Labute approximate surface area is 180 Å². The van der Waals surface area contributed by atoms with Crippen molar-refractivity contribution in [2.45, 2.75) is 25.7 Å². The van der Waals surface area contributed by atoms with Gasteiger partial charge in [0, 0.05) is 0 Å². The monoisotopic (exact) mass is 456 g/mol. The zero-order valence-electron chi connectivity index (χ0n) is 16.8. The van der Waals surface area contributed by atoms with Crippen molar-refractivity contribution in [3.63, 3.8) is 0 Å². The van der Waals surface area contributed by atoms with Gasteiger partial charge >= 0.3 is 0 Å². The molecule has 0 aliphatic carbocycles. The van der Waals surface area contributed by atoms with Crippen LogP contribution in [0.1, 0.15) is 18.4 Å². The summed E-state index contributed by atoms with van der Waals surface area (Å²) in [7, 11) is 0. The number of benzene rings is 3. The molecule has 0 aliphatic heterocycles. The molecule has 0 heterocycles. The number of hydrogen-bond donors (Lipinski definition) is 0. The maximum absolute atomic E-state index is 14.5. The van der Waals surface area contributed by atoms with Crippen LogP contribution in [0.4, 0.5) is 30.7 Å². The predicted octanol–water partition coefficient (Wildman–Crippen LogP) is 7.51. The van der Waals surface area contributed by atoms with E-state index in [0.29, 0.717) is 30.4 Å². The molecular weight excluding hydrogens is 437 g/mol. The minimum Gasteiger partial charge on any atom is -0.482 e. The summed E-state index contributed by atoms with van der Waals surface area (Å²) >= 11 is 0. The van der Waals surface area contributed by atoms with Gasteiger partial charge in [0.2, 0.25) is 0 Å². The zero-order valence-corrected chi connectivity index (χ0v) is 16.8. The first-order valence-corrected chi connectivity index (χ1v) is 9.84. The third kappa shape index (κ3) is 5.60. The van der Waals surface area contributed by atoms with Gasteiger partial charge < -0.3 is 4.74 Å². The average molecular weight is 456 g/mol. The van der Waals surface area contributed by atoms with E-state index in [-0.39, 0.29) is 16.7 Å². The molecule has 0 N–H and O–H groups in total. The molecular formula is C24H19F7O. The third-order valence-electron chi connectivity index (χ3n) is 4.81. The van der Waals surface area contributed by atoms with Gasteiger partial charge in [-0.15, -0.1) is 0 Å². The first-order valence-electron chi connectivity index (χ1n) is 9.84. The first-order chi connectivity index (χ1) is 15.3. The lowest BCUT2D eigenvalue weighted by Crippen LogP contribution is -2.09. The number of halogens is 7. The van der Waals surface area contributed by atoms with Gasteiger partial charge in [0.25, 0.3) is 6.43 Å². The molecule has 3 aromatic rings. The Morgan fingerprint density at radius 1 is 0.688 bits per heavy atom. The zero-order chi connectivity index (χ0) is 23.3. The van der Waals surface area contributed by atoms with Gasteiger partial charge in [-0.3, -0.25) is 4.39 Å². The van der Waals surface area contributed by atoms with Crippen molar-refractivity contribution in [2.24, 2.45) is 0 Å². The molecule has 0 saturated carbocycles. The molecule has 0 aliphatic rings. The summed E-state index contributed by atoms with van der Waals surface area (Å²) in [6.07, 6.45) is -1.74. The number of unbranched alkanes of at least 4 members (excludes halogenated alkanes) is 1. The Bertz CT molecular complexity index is 1020. The minimum absolute atomic E-state index is 0.0973. The van der Waals surface area contributed by atoms with Crippen LogP contribution in [-0.4, -0.2) is 19.7 Å². The standard InChI is InChI=1S/C24H19F7O/c25-8-2-1-3-14-9-18(26)23(19(27)10-14)16-6-4-15(5-7-16)17-11-20(28)24(21(29)12-17)32-13-22(30)31/h4-7,9-12,22H,1-3,8,13H2. The highest BCUT2D eigenvalue weighted by Gasteiger charge is 2.17. The number of hydrogen-bond acceptors (Lipinski definition) is 1. The van der Waals surface area contributed by atoms with E-state index in [1.165, 1.54) is 36.4 Å². The Hall–Kier alpha value is -3.03. The molecule has 0 atom stereocenters. The lowest BCUT2D eigenvalue weighted by atomic mass is 9.97. The summed E-state index contributed by atoms with van der Waals surface area (Å²) in [5.74, 6) is -4.74. The van der Waals surface area contributed by atoms with Gasteiger partial charge in [0.05, 0.1) is 12.2 Å². The molecule has 3 rings (SSSR count). The van der Waals surface area contributed by atoms with Crippen molar-refractivity contribution in [1.29, 1.82) is 0 Å². The van der Waals surface area contributed by atoms with Crippen LogP contribution < -0.4 is 4.74 Å². The number of aryl methyl sites for hydroxylation is 1. The maximum atomic E-state index is 14.5. The van der Waals surface area contributed by atoms with E-state index in [2.05, 4.69) is 4.74 Å². The smallest absolute Gasteiger partial charge is 0.272 e. The minimum atomic E-state index is -2.88. The van der Waals surface area contributed by atoms with Gasteiger partial charge in [-0.25, -0.2) is 26.3 Å². The summed E-state index contributed by atoms with van der Waals surface area (Å²) in [5.41, 5.74) is 0.834. The van der Waals surface area contributed by atoms with E-state index in [1.807, 2.05) is 0 Å². The molecule has 8 heteroatoms. The molecule has 32 heavy (non-hydrogen) atoms. The normalized spacial score (nSPS) is 11.2. The van der Waals surface area contributed by atoms with E-state index in [4.69, 9.17) is 0 Å². The molecule has 0 unspecified atom stereocenters. The number of ether oxygens (including phenoxy) is 1. The van der Waals surface area contributed by atoms with Crippen molar-refractivity contribution in [3.05, 3.63) is 77.4 Å². The lowest BCUT2D eigenvalue weighted by Gasteiger charge is -2.11. The van der Waals surface area contributed by atoms with Crippen LogP contribution in [-0.2, 0) is 6.42 Å². The molecule has 1 nitrogen and oxygen atoms in total. The van der Waals surface area contributed by atoms with Crippen LogP contribution >= 0.6 is 0 Å². The van der Waals surface area contributed by atoms with Gasteiger partial charge in [-0.05, 0) is 65.8 Å². The molecule has 0 aromatic heterocycles. The SMILES string of the molecule is FCCCCc1cc(F)c(-c2ccc(-c3cc(F)c(OCC(F)F)c(F)c3)cc2)c(F)c1. The fourth-order valence-electron chi connectivity index (χ4n) is 3.31. The second kappa shape index (κ2) is 10.5. The molecule has 0 radical (unpaired) electrons. The van der Waals surface area contributed by atoms with Crippen LogP contribution in [0.25, 0.3) is 22.3 Å². The molecule has 0 saturated heterocycles. The number of rotatable bonds is 9. The first kappa shape index (κ1) is 23.6. The van der Waals surface area contributed by atoms with Gasteiger partial charge in [-0.2, -0.15) is 0 Å². The van der Waals surface area contributed by atoms with E-state index in [1.54, 1.807) is 0 Å². The van der Waals surface area contributed by atoms with Crippen LogP contribution in [0.15, 0.2) is 48.5 Å². The summed E-state index contributed by atoms with van der Waals surface area (Å²) in [4.78, 5) is 0. The summed E-state index contributed by atoms with van der Waals surface area (Å²) in [6, 6.07) is 9.90. The second-order valence-electron chi connectivity index (χ2n) is 7.13. The Morgan fingerprint density at radius 3 is 1.78 bits per heavy atom. The lowest BCUT2D eigenvalue weighted by molar-refractivity contribution is 0.0777. The van der Waals surface area contributed by atoms with Crippen LogP contribution in [0.2, 0.25) is 0 Å². The molecule has 0 bridgehead atoms. The highest BCUT2D eigenvalue weighted by molar-refractivity contribution is 5.71. The van der Waals surface area contributed by atoms with Crippen LogP contribution in [0.5, 0.6) is 5.75 Å². The Morgan fingerprint density at radius 2 is 1.25 bits per heavy atom. The van der Waals surface area contributed by atoms with Gasteiger partial charge in [-0.1, -0.05) is 24.3 Å². The quantitative estimate of drug-likeness (QED) is 0.239. The fourth-order valence-corrected chi connectivity index (χ4v) is 3.31. The molecule has 3 aromatic carbocycles. The van der Waals surface area contributed by atoms with Gasteiger partial charge in [0.15, 0.2) is 17.4 Å². The van der Waals surface area contributed by atoms with Crippen molar-refractivity contribution >= 4 is 0 Å². The largest absolute Gasteiger partial charge is 0.482 e. The Kier molecular flexibility index (Phi) is 7.77. The van der Waals surface area contributed by atoms with E-state index >= 15 is 0 Å². The average Bonchev–Trinajstić information content (AvgIpc) is 2.73. The maximum Gasteiger partial charge on any atom is 0.272 e. The van der Waals surface area contributed by atoms with Crippen molar-refractivity contribution in [3.8, 4) is 28.0 Å². The summed E-state index contributed by atoms with van der Waals surface area (Å²) in [6.45, 7) is -1.64. The molecule has 0 spiro atoms. The third-order valence-corrected chi connectivity index (χ3v) is 4.81. The topological polar surface area (TPSA) is 9.23 Å². The van der Waals surface area contributed by atoms with E-state index in [0.717, 1.165) is 12.1 Å². The highest BCUT2D eigenvalue weighted by Crippen LogP contribution is 2.32. The van der Waals surface area contributed by atoms with Crippen molar-refractivity contribution in [1.82, 2.24) is 0 Å². The van der Waals surface area contributed by atoms with Crippen molar-refractivity contribution < 1.29 is 35.5 Å². The van der Waals surface area contributed by atoms with E-state index < -0.39 is 48.7 Å². The Balaban J connectivity index is 1.84. The van der Waals surface area contributed by atoms with Crippen LogP contribution in [0.3, 0.4) is 0 Å². The predicted molar refractivity (Wildman–Crippen MR) is 108 cm³/mol. The van der Waals surface area contributed by atoms with Crippen molar-refractivity contribution in [2.75, 3.05) is 13.3 Å².